The fourth-order valence-corrected chi connectivity index (χ4v) is 3.17. The minimum absolute atomic E-state index is 0.244. The summed E-state index contributed by atoms with van der Waals surface area (Å²) in [6, 6.07) is 0.318. The number of nitrogens with zero attached hydrogens (tertiary/aromatic N) is 3. The number of aryl methyl sites for hydroxylation is 1. The van der Waals surface area contributed by atoms with Crippen LogP contribution in [0, 0.1) is 6.92 Å². The van der Waals surface area contributed by atoms with E-state index in [0.29, 0.717) is 19.0 Å². The van der Waals surface area contributed by atoms with Gasteiger partial charge in [0.15, 0.2) is 0 Å². The highest BCUT2D eigenvalue weighted by atomic mass is 19.3. The van der Waals surface area contributed by atoms with E-state index in [2.05, 4.69) is 5.10 Å². The number of hydrogen-bond donors (Lipinski definition) is 0. The topological polar surface area (TPSA) is 47.4 Å². The fraction of sp³-hybridized carbons (Fsp3) is 0.714. The summed E-state index contributed by atoms with van der Waals surface area (Å²) in [7, 11) is 0. The molecule has 116 valence electrons. The predicted octanol–water partition coefficient (Wildman–Crippen LogP) is 1.69. The largest absolute Gasteiger partial charge is 0.381 e. The summed E-state index contributed by atoms with van der Waals surface area (Å²) >= 11 is 0. The van der Waals surface area contributed by atoms with Crippen molar-refractivity contribution in [2.75, 3.05) is 19.8 Å². The monoisotopic (exact) mass is 299 g/mol. The van der Waals surface area contributed by atoms with Crippen molar-refractivity contribution in [3.8, 4) is 0 Å². The molecule has 0 atom stereocenters. The third-order valence-electron chi connectivity index (χ3n) is 4.32. The van der Waals surface area contributed by atoms with Gasteiger partial charge in [0.25, 0.3) is 5.91 Å². The first-order valence-electron chi connectivity index (χ1n) is 7.29. The van der Waals surface area contributed by atoms with E-state index >= 15 is 0 Å². The Balaban J connectivity index is 1.83. The van der Waals surface area contributed by atoms with Crippen molar-refractivity contribution < 1.29 is 18.3 Å². The summed E-state index contributed by atoms with van der Waals surface area (Å²) in [6.07, 6.45) is -0.496. The van der Waals surface area contributed by atoms with Gasteiger partial charge < -0.3 is 9.64 Å². The smallest absolute Gasteiger partial charge is 0.315 e. The van der Waals surface area contributed by atoms with Crippen molar-refractivity contribution >= 4 is 5.91 Å². The van der Waals surface area contributed by atoms with Crippen molar-refractivity contribution in [3.63, 3.8) is 0 Å². The van der Waals surface area contributed by atoms with Gasteiger partial charge in [0.2, 0.25) is 0 Å². The van der Waals surface area contributed by atoms with Crippen LogP contribution in [0.3, 0.4) is 0 Å². The molecule has 21 heavy (non-hydrogen) atoms. The van der Waals surface area contributed by atoms with Gasteiger partial charge in [-0.1, -0.05) is 0 Å². The van der Waals surface area contributed by atoms with Crippen LogP contribution in [0.1, 0.15) is 35.8 Å². The average molecular weight is 299 g/mol. The summed E-state index contributed by atoms with van der Waals surface area (Å²) in [4.78, 5) is 12.7. The standard InChI is InChI=1S/C14H19F2N3O2/c1-9-11-8-18(14(20)13(15)16)5-2-12(11)19(17-9)10-3-6-21-7-4-10/h10,13H,2-8H2,1H3. The first-order valence-corrected chi connectivity index (χ1v) is 7.29. The lowest BCUT2D eigenvalue weighted by molar-refractivity contribution is -0.143. The summed E-state index contributed by atoms with van der Waals surface area (Å²) in [5.41, 5.74) is 2.86. The van der Waals surface area contributed by atoms with Gasteiger partial charge in [0.1, 0.15) is 0 Å². The molecule has 0 N–H and O–H groups in total. The molecule has 0 radical (unpaired) electrons. The van der Waals surface area contributed by atoms with E-state index in [0.717, 1.165) is 43.0 Å². The molecule has 0 unspecified atom stereocenters. The number of aromatic nitrogens is 2. The second-order valence-corrected chi connectivity index (χ2v) is 5.61. The molecule has 0 spiro atoms. The van der Waals surface area contributed by atoms with Gasteiger partial charge in [-0.3, -0.25) is 9.48 Å². The molecule has 0 aromatic carbocycles. The second-order valence-electron chi connectivity index (χ2n) is 5.61. The number of rotatable bonds is 2. The Morgan fingerprint density at radius 3 is 2.76 bits per heavy atom. The Bertz CT molecular complexity index is 539. The van der Waals surface area contributed by atoms with E-state index in [-0.39, 0.29) is 6.54 Å². The summed E-state index contributed by atoms with van der Waals surface area (Å²) in [6.45, 7) is 3.92. The lowest BCUT2D eigenvalue weighted by atomic mass is 10.0. The van der Waals surface area contributed by atoms with Gasteiger partial charge in [0.05, 0.1) is 11.7 Å². The average Bonchev–Trinajstić information content (AvgIpc) is 2.84. The van der Waals surface area contributed by atoms with Crippen LogP contribution in [0.5, 0.6) is 0 Å². The number of alkyl halides is 2. The molecule has 3 heterocycles. The summed E-state index contributed by atoms with van der Waals surface area (Å²) in [5, 5.41) is 4.59. The molecule has 1 aromatic heterocycles. The van der Waals surface area contributed by atoms with Crippen molar-refractivity contribution in [1.29, 1.82) is 0 Å². The third-order valence-corrected chi connectivity index (χ3v) is 4.32. The van der Waals surface area contributed by atoms with Gasteiger partial charge in [-0.15, -0.1) is 0 Å². The highest BCUT2D eigenvalue weighted by Gasteiger charge is 2.31. The number of halogens is 2. The van der Waals surface area contributed by atoms with E-state index in [9.17, 15) is 13.6 Å². The van der Waals surface area contributed by atoms with Gasteiger partial charge in [-0.25, -0.2) is 0 Å². The van der Waals surface area contributed by atoms with Crippen LogP contribution in [-0.4, -0.2) is 46.8 Å². The number of fused-ring (bicyclic) bond motifs is 1. The molecular formula is C14H19F2N3O2. The Kier molecular flexibility index (Phi) is 3.93. The number of hydrogen-bond acceptors (Lipinski definition) is 3. The lowest BCUT2D eigenvalue weighted by Crippen LogP contribution is -2.40. The number of amides is 1. The highest BCUT2D eigenvalue weighted by Crippen LogP contribution is 2.29. The molecule has 0 aliphatic carbocycles. The maximum atomic E-state index is 12.6. The van der Waals surface area contributed by atoms with E-state index in [4.69, 9.17) is 4.74 Å². The van der Waals surface area contributed by atoms with Crippen LogP contribution < -0.4 is 0 Å². The minimum Gasteiger partial charge on any atom is -0.381 e. The first kappa shape index (κ1) is 14.4. The number of carbonyl (C=O) groups is 1. The molecule has 1 fully saturated rings. The molecule has 0 bridgehead atoms. The van der Waals surface area contributed by atoms with Crippen molar-refractivity contribution in [3.05, 3.63) is 17.0 Å². The van der Waals surface area contributed by atoms with Crippen LogP contribution in [-0.2, 0) is 22.5 Å². The van der Waals surface area contributed by atoms with E-state index in [1.54, 1.807) is 0 Å². The fourth-order valence-electron chi connectivity index (χ4n) is 3.17. The second kappa shape index (κ2) is 5.71. The predicted molar refractivity (Wildman–Crippen MR) is 71.2 cm³/mol. The van der Waals surface area contributed by atoms with Crippen LogP contribution >= 0.6 is 0 Å². The molecule has 1 aromatic rings. The summed E-state index contributed by atoms with van der Waals surface area (Å²) in [5.74, 6) is -1.08. The molecule has 7 heteroatoms. The molecule has 5 nitrogen and oxygen atoms in total. The Hall–Kier alpha value is -1.50. The highest BCUT2D eigenvalue weighted by molar-refractivity contribution is 5.79. The lowest BCUT2D eigenvalue weighted by Gasteiger charge is -2.29. The molecule has 1 amide bonds. The first-order chi connectivity index (χ1) is 10.1. The molecule has 2 aliphatic heterocycles. The maximum Gasteiger partial charge on any atom is 0.315 e. The zero-order chi connectivity index (χ0) is 15.0. The van der Waals surface area contributed by atoms with Crippen molar-refractivity contribution in [2.45, 2.75) is 45.2 Å². The SMILES string of the molecule is Cc1nn(C2CCOCC2)c2c1CN(C(=O)C(F)F)CC2. The molecule has 2 aliphatic rings. The van der Waals surface area contributed by atoms with Crippen LogP contribution in [0.2, 0.25) is 0 Å². The van der Waals surface area contributed by atoms with Crippen molar-refractivity contribution in [1.82, 2.24) is 14.7 Å². The van der Waals surface area contributed by atoms with Crippen LogP contribution in [0.4, 0.5) is 8.78 Å². The Morgan fingerprint density at radius 2 is 2.10 bits per heavy atom. The molecule has 3 rings (SSSR count). The van der Waals surface area contributed by atoms with Crippen molar-refractivity contribution in [2.24, 2.45) is 0 Å². The Morgan fingerprint density at radius 1 is 1.38 bits per heavy atom. The third kappa shape index (κ3) is 2.66. The zero-order valence-electron chi connectivity index (χ0n) is 12.0. The number of carbonyl (C=O) groups excluding carboxylic acids is 1. The maximum absolute atomic E-state index is 12.6. The Labute approximate surface area is 121 Å². The van der Waals surface area contributed by atoms with Crippen LogP contribution in [0.15, 0.2) is 0 Å². The summed E-state index contributed by atoms with van der Waals surface area (Å²) < 4.78 is 32.5. The van der Waals surface area contributed by atoms with Gasteiger partial charge in [-0.2, -0.15) is 13.9 Å². The van der Waals surface area contributed by atoms with E-state index in [1.165, 1.54) is 4.90 Å². The minimum atomic E-state index is -2.93. The van der Waals surface area contributed by atoms with Crippen LogP contribution in [0.25, 0.3) is 0 Å². The van der Waals surface area contributed by atoms with Gasteiger partial charge in [0, 0.05) is 44.0 Å². The quantitative estimate of drug-likeness (QED) is 0.835. The molecule has 0 saturated carbocycles. The normalized spacial score (nSPS) is 19.9. The van der Waals surface area contributed by atoms with Gasteiger partial charge >= 0.3 is 6.43 Å². The van der Waals surface area contributed by atoms with Gasteiger partial charge in [-0.05, 0) is 19.8 Å². The molecular weight excluding hydrogens is 280 g/mol. The van der Waals surface area contributed by atoms with E-state index < -0.39 is 12.3 Å². The van der Waals surface area contributed by atoms with E-state index in [1.807, 2.05) is 11.6 Å². The molecule has 1 saturated heterocycles. The zero-order valence-corrected chi connectivity index (χ0v) is 12.0. The number of ether oxygens (including phenoxy) is 1.